The molecular formula is C22H50Sn2. The van der Waals surface area contributed by atoms with Gasteiger partial charge in [-0.15, -0.1) is 0 Å². The van der Waals surface area contributed by atoms with E-state index in [4.69, 9.17) is 0 Å². The van der Waals surface area contributed by atoms with Crippen LogP contribution in [0.15, 0.2) is 0 Å². The molecule has 2 radical (unpaired) electrons. The maximum atomic E-state index is 2.36. The van der Waals surface area contributed by atoms with Crippen molar-refractivity contribution in [1.29, 1.82) is 0 Å². The van der Waals surface area contributed by atoms with Gasteiger partial charge in [0.1, 0.15) is 0 Å². The number of hydrogen-bond acceptors (Lipinski definition) is 0. The molecule has 0 aromatic carbocycles. The molecule has 0 saturated heterocycles. The van der Waals surface area contributed by atoms with Gasteiger partial charge < -0.3 is 0 Å². The zero-order valence-electron chi connectivity index (χ0n) is 18.3. The van der Waals surface area contributed by atoms with Gasteiger partial charge in [0.25, 0.3) is 0 Å². The van der Waals surface area contributed by atoms with E-state index >= 15 is 0 Å². The van der Waals surface area contributed by atoms with E-state index in [0.29, 0.717) is 0 Å². The van der Waals surface area contributed by atoms with E-state index < -0.39 is 39.5 Å². The second-order valence-electron chi connectivity index (χ2n) is 7.41. The van der Waals surface area contributed by atoms with Gasteiger partial charge in [-0.05, 0) is 0 Å². The maximum absolute atomic E-state index is 2.36. The molecule has 24 heavy (non-hydrogen) atoms. The van der Waals surface area contributed by atoms with Crippen LogP contribution >= 0.6 is 0 Å². The Kier molecular flexibility index (Phi) is 28.5. The van der Waals surface area contributed by atoms with Crippen LogP contribution in [0.25, 0.3) is 0 Å². The van der Waals surface area contributed by atoms with Crippen molar-refractivity contribution in [3.8, 4) is 0 Å². The van der Waals surface area contributed by atoms with Gasteiger partial charge in [0.05, 0.1) is 0 Å². The summed E-state index contributed by atoms with van der Waals surface area (Å²) < 4.78 is 10.0. The summed E-state index contributed by atoms with van der Waals surface area (Å²) >= 11 is -1.62. The molecule has 0 aliphatic heterocycles. The summed E-state index contributed by atoms with van der Waals surface area (Å²) in [6, 6.07) is 0. The van der Waals surface area contributed by atoms with Gasteiger partial charge in [0, 0.05) is 0 Å². The SMILES string of the molecule is CCC[CH2][Sn]([CH2]CC)[CH2]CCC.CCC[CH2][Sn]([CH2]CC)[CH2]CCC. The molecule has 0 bridgehead atoms. The van der Waals surface area contributed by atoms with Gasteiger partial charge in [0.15, 0.2) is 0 Å². The fourth-order valence-electron chi connectivity index (χ4n) is 3.16. The molecule has 2 heteroatoms. The van der Waals surface area contributed by atoms with Crippen LogP contribution in [0.5, 0.6) is 0 Å². The summed E-state index contributed by atoms with van der Waals surface area (Å²) in [5, 5.41) is 0. The molecule has 0 amide bonds. The summed E-state index contributed by atoms with van der Waals surface area (Å²) in [7, 11) is 0. The van der Waals surface area contributed by atoms with Crippen LogP contribution in [0, 0.1) is 0 Å². The molecule has 0 aliphatic rings. The van der Waals surface area contributed by atoms with E-state index in [1.54, 1.807) is 26.6 Å². The van der Waals surface area contributed by atoms with Crippen LogP contribution in [0.4, 0.5) is 0 Å². The zero-order chi connectivity index (χ0) is 18.5. The first-order valence-electron chi connectivity index (χ1n) is 11.4. The van der Waals surface area contributed by atoms with E-state index in [0.717, 1.165) is 0 Å². The number of rotatable bonds is 16. The van der Waals surface area contributed by atoms with Crippen molar-refractivity contribution in [2.24, 2.45) is 0 Å². The first-order chi connectivity index (χ1) is 11.7. The Bertz CT molecular complexity index is 168. The van der Waals surface area contributed by atoms with Crippen LogP contribution in [0.1, 0.15) is 106 Å². The quantitative estimate of drug-likeness (QED) is 0.168. The summed E-state index contributed by atoms with van der Waals surface area (Å²) in [6.07, 6.45) is 14.7. The fourth-order valence-corrected chi connectivity index (χ4v) is 21.2. The monoisotopic (exact) mass is 554 g/mol. The molecule has 0 aromatic heterocycles. The van der Waals surface area contributed by atoms with E-state index in [9.17, 15) is 0 Å². The summed E-state index contributed by atoms with van der Waals surface area (Å²) in [4.78, 5) is 0. The molecule has 0 aliphatic carbocycles. The molecule has 0 fully saturated rings. The standard InChI is InChI=1S/4C4H9.2C3H7.2Sn/c4*1-3-4-2;2*1-3-2;;/h4*1,3-4H2,2H3;2*1,3H2,2H3;;. The first-order valence-corrected chi connectivity index (χ1v) is 23.5. The normalized spacial score (nSPS) is 11.0. The Morgan fingerprint density at radius 2 is 0.583 bits per heavy atom. The average Bonchev–Trinajstić information content (AvgIpc) is 2.60. The summed E-state index contributed by atoms with van der Waals surface area (Å²) in [6.45, 7) is 14.0. The van der Waals surface area contributed by atoms with Gasteiger partial charge in [-0.2, -0.15) is 0 Å². The first kappa shape index (κ1) is 27.8. The molecule has 146 valence electrons. The van der Waals surface area contributed by atoms with E-state index in [1.807, 2.05) is 0 Å². The fraction of sp³-hybridized carbons (Fsp3) is 1.00. The van der Waals surface area contributed by atoms with Gasteiger partial charge in [-0.25, -0.2) is 0 Å². The van der Waals surface area contributed by atoms with E-state index in [2.05, 4.69) is 41.5 Å². The molecule has 0 unspecified atom stereocenters. The van der Waals surface area contributed by atoms with Crippen LogP contribution in [0.3, 0.4) is 0 Å². The third-order valence-electron chi connectivity index (χ3n) is 4.74. The van der Waals surface area contributed by atoms with Gasteiger partial charge in [-0.3, -0.25) is 0 Å². The van der Waals surface area contributed by atoms with Crippen LogP contribution in [-0.4, -0.2) is 39.5 Å². The third-order valence-corrected chi connectivity index (χ3v) is 23.7. The summed E-state index contributed by atoms with van der Waals surface area (Å²) in [5.41, 5.74) is 0. The molecule has 0 saturated carbocycles. The third kappa shape index (κ3) is 21.6. The Morgan fingerprint density at radius 1 is 0.333 bits per heavy atom. The Hall–Kier alpha value is 1.60. The Morgan fingerprint density at radius 3 is 0.750 bits per heavy atom. The number of unbranched alkanes of at least 4 members (excludes halogenated alkanes) is 4. The average molecular weight is 552 g/mol. The predicted octanol–water partition coefficient (Wildman–Crippen LogP) is 8.98. The summed E-state index contributed by atoms with van der Waals surface area (Å²) in [5.74, 6) is 0. The molecule has 0 rings (SSSR count). The van der Waals surface area contributed by atoms with Crippen LogP contribution < -0.4 is 0 Å². The van der Waals surface area contributed by atoms with Crippen molar-refractivity contribution < 1.29 is 0 Å². The molecule has 0 atom stereocenters. The van der Waals surface area contributed by atoms with Crippen molar-refractivity contribution in [3.63, 3.8) is 0 Å². The predicted molar refractivity (Wildman–Crippen MR) is 121 cm³/mol. The van der Waals surface area contributed by atoms with Crippen molar-refractivity contribution in [2.75, 3.05) is 0 Å². The Labute approximate surface area is 170 Å². The molecule has 0 N–H and O–H groups in total. The second kappa shape index (κ2) is 24.6. The zero-order valence-corrected chi connectivity index (χ0v) is 24.0. The van der Waals surface area contributed by atoms with Gasteiger partial charge in [0.2, 0.25) is 0 Å². The van der Waals surface area contributed by atoms with Crippen molar-refractivity contribution in [3.05, 3.63) is 0 Å². The molecule has 0 heterocycles. The van der Waals surface area contributed by atoms with Crippen LogP contribution in [0.2, 0.25) is 26.6 Å². The second-order valence-corrected chi connectivity index (χ2v) is 24.5. The number of hydrogen-bond donors (Lipinski definition) is 0. The van der Waals surface area contributed by atoms with Crippen LogP contribution in [-0.2, 0) is 0 Å². The van der Waals surface area contributed by atoms with E-state index in [-0.39, 0.29) is 0 Å². The Balaban J connectivity index is 0. The minimum absolute atomic E-state index is 0.812. The van der Waals surface area contributed by atoms with Crippen molar-refractivity contribution in [1.82, 2.24) is 0 Å². The molecule has 0 nitrogen and oxygen atoms in total. The van der Waals surface area contributed by atoms with E-state index in [1.165, 1.54) is 64.2 Å². The van der Waals surface area contributed by atoms with Gasteiger partial charge in [-0.1, -0.05) is 0 Å². The van der Waals surface area contributed by atoms with Gasteiger partial charge >= 0.3 is 172 Å². The molecule has 0 spiro atoms. The molecule has 0 aromatic rings. The van der Waals surface area contributed by atoms with Crippen molar-refractivity contribution in [2.45, 2.75) is 132 Å². The molecular weight excluding hydrogens is 502 g/mol. The van der Waals surface area contributed by atoms with Crippen molar-refractivity contribution >= 4 is 39.5 Å². The minimum atomic E-state index is -0.812. The topological polar surface area (TPSA) is 0 Å².